The van der Waals surface area contributed by atoms with E-state index >= 15 is 0 Å². The molecule has 0 unspecified atom stereocenters. The second-order valence-electron chi connectivity index (χ2n) is 5.08. The van der Waals surface area contributed by atoms with Crippen molar-refractivity contribution in [3.8, 4) is 5.75 Å². The highest BCUT2D eigenvalue weighted by Gasteiger charge is 2.14. The molecule has 2 N–H and O–H groups in total. The highest BCUT2D eigenvalue weighted by molar-refractivity contribution is 5.51. The van der Waals surface area contributed by atoms with Gasteiger partial charge in [0.1, 0.15) is 11.4 Å². The van der Waals surface area contributed by atoms with Gasteiger partial charge < -0.3 is 14.9 Å². The molecule has 0 aliphatic rings. The number of nitrogens with zero attached hydrogens (tertiary/aromatic N) is 2. The van der Waals surface area contributed by atoms with Gasteiger partial charge in [0.05, 0.1) is 18.5 Å². The first-order chi connectivity index (χ1) is 10.2. The minimum absolute atomic E-state index is 0.467. The summed E-state index contributed by atoms with van der Waals surface area (Å²) in [5, 5.41) is 0. The summed E-state index contributed by atoms with van der Waals surface area (Å²) in [4.78, 5) is 4.78. The molecular weight excluding hydrogens is 262 g/mol. The number of hydrogen-bond donors (Lipinski definition) is 1. The fourth-order valence-electron chi connectivity index (χ4n) is 2.69. The lowest BCUT2D eigenvalue weighted by atomic mass is 10.1. The predicted molar refractivity (Wildman–Crippen MR) is 83.6 cm³/mol. The number of nitrogens with two attached hydrogens (primary N) is 1. The van der Waals surface area contributed by atoms with E-state index < -0.39 is 0 Å². The van der Waals surface area contributed by atoms with Crippen molar-refractivity contribution in [3.63, 3.8) is 0 Å². The zero-order valence-electron chi connectivity index (χ0n) is 12.3. The molecular formula is C17H19N3O. The monoisotopic (exact) mass is 281 g/mol. The number of imidazole rings is 1. The van der Waals surface area contributed by atoms with Gasteiger partial charge in [0.15, 0.2) is 0 Å². The smallest absolute Gasteiger partial charge is 0.140 e. The summed E-state index contributed by atoms with van der Waals surface area (Å²) in [7, 11) is 1.69. The highest BCUT2D eigenvalue weighted by Crippen LogP contribution is 2.23. The Hall–Kier alpha value is -2.33. The van der Waals surface area contributed by atoms with Gasteiger partial charge in [0, 0.05) is 24.7 Å². The molecule has 0 amide bonds. The van der Waals surface area contributed by atoms with Crippen LogP contribution in [0, 0.1) is 6.92 Å². The van der Waals surface area contributed by atoms with Gasteiger partial charge in [-0.2, -0.15) is 0 Å². The number of benzene rings is 1. The van der Waals surface area contributed by atoms with E-state index in [-0.39, 0.29) is 0 Å². The van der Waals surface area contributed by atoms with E-state index in [0.717, 1.165) is 40.3 Å². The van der Waals surface area contributed by atoms with E-state index in [9.17, 15) is 0 Å². The topological polar surface area (TPSA) is 52.5 Å². The zero-order chi connectivity index (χ0) is 14.8. The molecule has 3 rings (SSSR count). The van der Waals surface area contributed by atoms with E-state index in [4.69, 9.17) is 15.5 Å². The Kier molecular flexibility index (Phi) is 3.62. The van der Waals surface area contributed by atoms with Gasteiger partial charge in [-0.15, -0.1) is 0 Å². The van der Waals surface area contributed by atoms with Crippen LogP contribution in [0.4, 0.5) is 0 Å². The average molecular weight is 281 g/mol. The summed E-state index contributed by atoms with van der Waals surface area (Å²) in [5.74, 6) is 0.884. The standard InChI is InChI=1S/C17H19N3O/c1-12-6-5-9-20-15(11-18)14(19-17(12)20)10-13-7-3-4-8-16(13)21-2/h3-9H,10-11,18H2,1-2H3. The number of para-hydroxylation sites is 1. The van der Waals surface area contributed by atoms with Crippen molar-refractivity contribution in [2.45, 2.75) is 19.9 Å². The van der Waals surface area contributed by atoms with Gasteiger partial charge >= 0.3 is 0 Å². The Morgan fingerprint density at radius 1 is 1.19 bits per heavy atom. The lowest BCUT2D eigenvalue weighted by Gasteiger charge is -2.07. The van der Waals surface area contributed by atoms with Crippen molar-refractivity contribution in [2.75, 3.05) is 7.11 Å². The van der Waals surface area contributed by atoms with Gasteiger partial charge in [-0.3, -0.25) is 0 Å². The van der Waals surface area contributed by atoms with Crippen LogP contribution in [-0.4, -0.2) is 16.5 Å². The van der Waals surface area contributed by atoms with E-state index in [1.807, 2.05) is 30.5 Å². The molecule has 108 valence electrons. The minimum atomic E-state index is 0.467. The molecule has 21 heavy (non-hydrogen) atoms. The van der Waals surface area contributed by atoms with Gasteiger partial charge in [0.2, 0.25) is 0 Å². The third kappa shape index (κ3) is 2.38. The van der Waals surface area contributed by atoms with Crippen LogP contribution < -0.4 is 10.5 Å². The predicted octanol–water partition coefficient (Wildman–Crippen LogP) is 2.70. The number of hydrogen-bond acceptors (Lipinski definition) is 3. The second kappa shape index (κ2) is 5.58. The molecule has 0 bridgehead atoms. The van der Waals surface area contributed by atoms with E-state index in [0.29, 0.717) is 6.54 Å². The Labute approximate surface area is 124 Å². The maximum absolute atomic E-state index is 5.94. The molecule has 2 aromatic heterocycles. The lowest BCUT2D eigenvalue weighted by Crippen LogP contribution is -2.05. The van der Waals surface area contributed by atoms with Gasteiger partial charge in [-0.05, 0) is 24.6 Å². The minimum Gasteiger partial charge on any atom is -0.496 e. The summed E-state index contributed by atoms with van der Waals surface area (Å²) >= 11 is 0. The number of aryl methyl sites for hydroxylation is 1. The fourth-order valence-corrected chi connectivity index (χ4v) is 2.69. The first-order valence-electron chi connectivity index (χ1n) is 7.02. The molecule has 4 heteroatoms. The molecule has 3 aromatic rings. The average Bonchev–Trinajstić information content (AvgIpc) is 2.86. The van der Waals surface area contributed by atoms with Crippen molar-refractivity contribution < 1.29 is 4.74 Å². The van der Waals surface area contributed by atoms with Crippen molar-refractivity contribution in [2.24, 2.45) is 5.73 Å². The van der Waals surface area contributed by atoms with E-state index in [2.05, 4.69) is 23.5 Å². The van der Waals surface area contributed by atoms with Crippen molar-refractivity contribution >= 4 is 5.65 Å². The van der Waals surface area contributed by atoms with E-state index in [1.54, 1.807) is 7.11 Å². The molecule has 0 aliphatic carbocycles. The van der Waals surface area contributed by atoms with Crippen LogP contribution in [0.5, 0.6) is 5.75 Å². The summed E-state index contributed by atoms with van der Waals surface area (Å²) in [6, 6.07) is 12.1. The SMILES string of the molecule is COc1ccccc1Cc1nc2c(C)cccn2c1CN. The molecule has 0 saturated carbocycles. The Balaban J connectivity index is 2.10. The largest absolute Gasteiger partial charge is 0.496 e. The Morgan fingerprint density at radius 3 is 2.76 bits per heavy atom. The number of aromatic nitrogens is 2. The quantitative estimate of drug-likeness (QED) is 0.800. The molecule has 0 atom stereocenters. The van der Waals surface area contributed by atoms with Crippen LogP contribution in [0.1, 0.15) is 22.5 Å². The van der Waals surface area contributed by atoms with Crippen molar-refractivity contribution in [1.82, 2.24) is 9.38 Å². The molecule has 0 aliphatic heterocycles. The van der Waals surface area contributed by atoms with Crippen molar-refractivity contribution in [1.29, 1.82) is 0 Å². The van der Waals surface area contributed by atoms with E-state index in [1.165, 1.54) is 0 Å². The van der Waals surface area contributed by atoms with Crippen LogP contribution in [-0.2, 0) is 13.0 Å². The molecule has 0 radical (unpaired) electrons. The normalized spacial score (nSPS) is 11.0. The lowest BCUT2D eigenvalue weighted by molar-refractivity contribution is 0.410. The van der Waals surface area contributed by atoms with Crippen LogP contribution >= 0.6 is 0 Å². The van der Waals surface area contributed by atoms with Crippen LogP contribution in [0.25, 0.3) is 5.65 Å². The molecule has 0 spiro atoms. The summed E-state index contributed by atoms with van der Waals surface area (Å²) in [6.45, 7) is 2.53. The molecule has 2 heterocycles. The van der Waals surface area contributed by atoms with Gasteiger partial charge in [-0.1, -0.05) is 24.3 Å². The highest BCUT2D eigenvalue weighted by atomic mass is 16.5. The van der Waals surface area contributed by atoms with Crippen molar-refractivity contribution in [3.05, 3.63) is 65.1 Å². The van der Waals surface area contributed by atoms with Crippen LogP contribution in [0.2, 0.25) is 0 Å². The molecule has 4 nitrogen and oxygen atoms in total. The molecule has 0 fully saturated rings. The van der Waals surface area contributed by atoms with Gasteiger partial charge in [0.25, 0.3) is 0 Å². The molecule has 0 saturated heterocycles. The number of pyridine rings is 1. The second-order valence-corrected chi connectivity index (χ2v) is 5.08. The first-order valence-corrected chi connectivity index (χ1v) is 7.02. The Bertz CT molecular complexity index is 777. The summed E-state index contributed by atoms with van der Waals surface area (Å²) in [5.41, 5.74) is 11.3. The first kappa shape index (κ1) is 13.6. The summed E-state index contributed by atoms with van der Waals surface area (Å²) < 4.78 is 7.51. The number of rotatable bonds is 4. The third-order valence-electron chi connectivity index (χ3n) is 3.77. The number of fused-ring (bicyclic) bond motifs is 1. The molecule has 1 aromatic carbocycles. The summed E-state index contributed by atoms with van der Waals surface area (Å²) in [6.07, 6.45) is 2.74. The van der Waals surface area contributed by atoms with Crippen LogP contribution in [0.3, 0.4) is 0 Å². The maximum Gasteiger partial charge on any atom is 0.140 e. The third-order valence-corrected chi connectivity index (χ3v) is 3.77. The van der Waals surface area contributed by atoms with Gasteiger partial charge in [-0.25, -0.2) is 4.98 Å². The fraction of sp³-hybridized carbons (Fsp3) is 0.235. The number of ether oxygens (including phenoxy) is 1. The zero-order valence-corrected chi connectivity index (χ0v) is 12.3. The van der Waals surface area contributed by atoms with Crippen LogP contribution in [0.15, 0.2) is 42.6 Å². The number of methoxy groups -OCH3 is 1. The Morgan fingerprint density at radius 2 is 2.00 bits per heavy atom. The maximum atomic E-state index is 5.94.